The average molecular weight is 311 g/mol. The summed E-state index contributed by atoms with van der Waals surface area (Å²) in [5, 5.41) is 0. The van der Waals surface area contributed by atoms with E-state index in [0.29, 0.717) is 23.8 Å². The molecule has 2 aliphatic heterocycles. The van der Waals surface area contributed by atoms with Crippen LogP contribution in [0, 0.1) is 0 Å². The third-order valence-corrected chi connectivity index (χ3v) is 4.64. The van der Waals surface area contributed by atoms with Gasteiger partial charge in [0.1, 0.15) is 23.5 Å². The summed E-state index contributed by atoms with van der Waals surface area (Å²) in [4.78, 5) is 1.96. The van der Waals surface area contributed by atoms with E-state index in [0.717, 1.165) is 18.5 Å². The van der Waals surface area contributed by atoms with Crippen molar-refractivity contribution in [2.75, 3.05) is 20.8 Å². The molecule has 0 saturated carbocycles. The molecule has 1 saturated heterocycles. The fourth-order valence-electron chi connectivity index (χ4n) is 2.70. The zero-order valence-electron chi connectivity index (χ0n) is 11.9. The highest BCUT2D eigenvalue weighted by Crippen LogP contribution is 2.35. The number of hydrogen-bond donors (Lipinski definition) is 1. The van der Waals surface area contributed by atoms with Gasteiger partial charge in [-0.25, -0.2) is 0 Å². The molecular weight excluding hydrogens is 294 g/mol. The maximum atomic E-state index is 11.9. The first-order valence-corrected chi connectivity index (χ1v) is 8.08. The molecule has 8 heteroatoms. The minimum Gasteiger partial charge on any atom is -0.497 e. The van der Waals surface area contributed by atoms with Crippen molar-refractivity contribution in [1.82, 2.24) is 9.62 Å². The Hall–Kier alpha value is -1.80. The van der Waals surface area contributed by atoms with Crippen LogP contribution in [0.2, 0.25) is 0 Å². The summed E-state index contributed by atoms with van der Waals surface area (Å²) in [5.74, 6) is 1.84. The summed E-state index contributed by atoms with van der Waals surface area (Å²) in [6.45, 7) is 0.765. The van der Waals surface area contributed by atoms with Crippen molar-refractivity contribution in [1.29, 1.82) is 0 Å². The lowest BCUT2D eigenvalue weighted by Gasteiger charge is -2.34. The highest BCUT2D eigenvalue weighted by molar-refractivity contribution is 7.88. The summed E-state index contributed by atoms with van der Waals surface area (Å²) in [6, 6.07) is 5.34. The Labute approximate surface area is 123 Å². The van der Waals surface area contributed by atoms with Crippen molar-refractivity contribution >= 4 is 16.0 Å². The van der Waals surface area contributed by atoms with Crippen LogP contribution in [0.25, 0.3) is 0 Å². The molecule has 0 unspecified atom stereocenters. The number of fused-ring (bicyclic) bond motifs is 1. The van der Waals surface area contributed by atoms with E-state index in [1.807, 2.05) is 11.0 Å². The molecule has 0 spiro atoms. The van der Waals surface area contributed by atoms with E-state index in [1.165, 1.54) is 0 Å². The smallest absolute Gasteiger partial charge is 0.323 e. The van der Waals surface area contributed by atoms with Crippen LogP contribution >= 0.6 is 0 Å². The van der Waals surface area contributed by atoms with Crippen molar-refractivity contribution in [3.05, 3.63) is 23.8 Å². The molecule has 2 heterocycles. The number of benzene rings is 1. The second kappa shape index (κ2) is 5.19. The van der Waals surface area contributed by atoms with Gasteiger partial charge in [-0.3, -0.25) is 0 Å². The SMILES string of the molecule is COc1ccc([C@H]2NS(=O)(=O)N=C3CCCN32)c(OC)c1. The van der Waals surface area contributed by atoms with Gasteiger partial charge in [-0.1, -0.05) is 0 Å². The van der Waals surface area contributed by atoms with Crippen LogP contribution in [0.5, 0.6) is 11.5 Å². The molecule has 1 atom stereocenters. The minimum absolute atomic E-state index is 0.495. The number of rotatable bonds is 3. The first-order chi connectivity index (χ1) is 10.0. The number of methoxy groups -OCH3 is 2. The van der Waals surface area contributed by atoms with E-state index < -0.39 is 16.4 Å². The third kappa shape index (κ3) is 2.56. The maximum Gasteiger partial charge on any atom is 0.323 e. The van der Waals surface area contributed by atoms with Gasteiger partial charge >= 0.3 is 10.2 Å². The fraction of sp³-hybridized carbons (Fsp3) is 0.462. The Balaban J connectivity index is 2.05. The Morgan fingerprint density at radius 1 is 1.33 bits per heavy atom. The summed E-state index contributed by atoms with van der Waals surface area (Å²) < 4.78 is 40.7. The lowest BCUT2D eigenvalue weighted by Crippen LogP contribution is -2.46. The standard InChI is InChI=1S/C13H17N3O4S/c1-19-9-5-6-10(11(8-9)20-2)13-15-21(17,18)14-12-4-3-7-16(12)13/h5-6,8,13,15H,3-4,7H2,1-2H3/t13-/m0/s1. The monoisotopic (exact) mass is 311 g/mol. The van der Waals surface area contributed by atoms with Gasteiger partial charge in [-0.15, -0.1) is 4.40 Å². The van der Waals surface area contributed by atoms with Gasteiger partial charge < -0.3 is 14.4 Å². The lowest BCUT2D eigenvalue weighted by atomic mass is 10.1. The molecule has 0 radical (unpaired) electrons. The molecule has 1 fully saturated rings. The summed E-state index contributed by atoms with van der Waals surface area (Å²) >= 11 is 0. The van der Waals surface area contributed by atoms with Crippen molar-refractivity contribution in [3.8, 4) is 11.5 Å². The molecule has 2 aliphatic rings. The van der Waals surface area contributed by atoms with Crippen molar-refractivity contribution in [2.45, 2.75) is 19.0 Å². The Morgan fingerprint density at radius 2 is 2.14 bits per heavy atom. The second-order valence-corrected chi connectivity index (χ2v) is 6.28. The Bertz CT molecular complexity index is 687. The molecule has 7 nitrogen and oxygen atoms in total. The largest absolute Gasteiger partial charge is 0.497 e. The summed E-state index contributed by atoms with van der Waals surface area (Å²) in [7, 11) is -0.543. The highest BCUT2D eigenvalue weighted by atomic mass is 32.2. The van der Waals surface area contributed by atoms with E-state index in [-0.39, 0.29) is 0 Å². The molecule has 0 bridgehead atoms. The number of nitrogens with one attached hydrogen (secondary N) is 1. The van der Waals surface area contributed by atoms with Crippen LogP contribution in [-0.2, 0) is 10.2 Å². The lowest BCUT2D eigenvalue weighted by molar-refractivity contribution is 0.302. The predicted octanol–water partition coefficient (Wildman–Crippen LogP) is 1.04. The molecule has 0 aromatic heterocycles. The molecule has 1 N–H and O–H groups in total. The predicted molar refractivity (Wildman–Crippen MR) is 77.7 cm³/mol. The highest BCUT2D eigenvalue weighted by Gasteiger charge is 2.37. The van der Waals surface area contributed by atoms with Crippen LogP contribution in [-0.4, -0.2) is 39.9 Å². The van der Waals surface area contributed by atoms with Gasteiger partial charge in [0.25, 0.3) is 0 Å². The van der Waals surface area contributed by atoms with Gasteiger partial charge in [-0.05, 0) is 18.6 Å². The van der Waals surface area contributed by atoms with E-state index >= 15 is 0 Å². The van der Waals surface area contributed by atoms with E-state index in [4.69, 9.17) is 9.47 Å². The van der Waals surface area contributed by atoms with Crippen molar-refractivity contribution in [2.24, 2.45) is 4.40 Å². The van der Waals surface area contributed by atoms with Crippen LogP contribution < -0.4 is 14.2 Å². The molecule has 21 heavy (non-hydrogen) atoms. The van der Waals surface area contributed by atoms with Crippen LogP contribution in [0.1, 0.15) is 24.6 Å². The molecule has 1 aromatic rings. The van der Waals surface area contributed by atoms with Gasteiger partial charge in [0.05, 0.1) is 14.2 Å². The van der Waals surface area contributed by atoms with E-state index in [2.05, 4.69) is 9.12 Å². The van der Waals surface area contributed by atoms with Gasteiger partial charge in [-0.2, -0.15) is 13.1 Å². The van der Waals surface area contributed by atoms with Gasteiger partial charge in [0.2, 0.25) is 0 Å². The fourth-order valence-corrected chi connectivity index (χ4v) is 3.76. The normalized spacial score (nSPS) is 23.4. The Kier molecular flexibility index (Phi) is 3.50. The van der Waals surface area contributed by atoms with Crippen LogP contribution in [0.4, 0.5) is 0 Å². The topological polar surface area (TPSA) is 80.2 Å². The third-order valence-electron chi connectivity index (χ3n) is 3.66. The zero-order valence-corrected chi connectivity index (χ0v) is 12.7. The van der Waals surface area contributed by atoms with Crippen LogP contribution in [0.15, 0.2) is 22.6 Å². The minimum atomic E-state index is -3.67. The van der Waals surface area contributed by atoms with Crippen LogP contribution in [0.3, 0.4) is 0 Å². The summed E-state index contributed by atoms with van der Waals surface area (Å²) in [5.41, 5.74) is 0.746. The van der Waals surface area contributed by atoms with Gasteiger partial charge in [0.15, 0.2) is 0 Å². The maximum absolute atomic E-state index is 11.9. The van der Waals surface area contributed by atoms with Crippen molar-refractivity contribution < 1.29 is 17.9 Å². The first kappa shape index (κ1) is 14.2. The molecule has 0 aliphatic carbocycles. The number of ether oxygens (including phenoxy) is 2. The number of amidine groups is 1. The van der Waals surface area contributed by atoms with Gasteiger partial charge in [0, 0.05) is 24.6 Å². The molecule has 1 aromatic carbocycles. The molecule has 114 valence electrons. The molecular formula is C13H17N3O4S. The Morgan fingerprint density at radius 3 is 2.86 bits per heavy atom. The number of hydrogen-bond acceptors (Lipinski definition) is 5. The second-order valence-electron chi connectivity index (χ2n) is 4.91. The molecule has 3 rings (SSSR count). The molecule has 0 amide bonds. The number of nitrogens with zero attached hydrogens (tertiary/aromatic N) is 2. The first-order valence-electron chi connectivity index (χ1n) is 6.64. The zero-order chi connectivity index (χ0) is 15.0. The van der Waals surface area contributed by atoms with Crippen molar-refractivity contribution in [3.63, 3.8) is 0 Å². The van der Waals surface area contributed by atoms with E-state index in [1.54, 1.807) is 26.4 Å². The van der Waals surface area contributed by atoms with E-state index in [9.17, 15) is 8.42 Å². The quantitative estimate of drug-likeness (QED) is 0.902. The summed E-state index contributed by atoms with van der Waals surface area (Å²) in [6.07, 6.45) is 1.08. The average Bonchev–Trinajstić information content (AvgIpc) is 2.92.